The smallest absolute Gasteiger partial charge is 0.305 e. The van der Waals surface area contributed by atoms with E-state index in [1.165, 1.54) is 52.1 Å². The number of hydrogen-bond acceptors (Lipinski definition) is 32. The van der Waals surface area contributed by atoms with Gasteiger partial charge in [0.15, 0.2) is 0 Å². The number of hydrogen-bond donors (Lipinski definition) is 25. The summed E-state index contributed by atoms with van der Waals surface area (Å²) in [7, 11) is 1.22. The Kier molecular flexibility index (Phi) is 51.6. The maximum absolute atomic E-state index is 14.5. The highest BCUT2D eigenvalue weighted by Gasteiger charge is 2.42. The van der Waals surface area contributed by atoms with Crippen molar-refractivity contribution in [1.29, 1.82) is 0 Å². The third-order valence-corrected chi connectivity index (χ3v) is 21.4. The number of carbonyl (C=O) groups excluding carboxylic acids is 20. The number of ketones is 5. The lowest BCUT2D eigenvalue weighted by atomic mass is 9.89. The Bertz CT molecular complexity index is 4530. The second-order valence-corrected chi connectivity index (χ2v) is 33.2. The normalized spacial score (nSPS) is 15.3. The molecule has 49 nitrogen and oxygen atoms in total. The molecule has 0 radical (unpaired) electrons. The van der Waals surface area contributed by atoms with Gasteiger partial charge in [0.1, 0.15) is 84.0 Å². The van der Waals surface area contributed by atoms with Crippen LogP contribution in [0.3, 0.4) is 0 Å². The van der Waals surface area contributed by atoms with E-state index in [2.05, 4.69) is 85.3 Å². The van der Waals surface area contributed by atoms with Gasteiger partial charge >= 0.3 is 17.9 Å². The maximum atomic E-state index is 14.5. The summed E-state index contributed by atoms with van der Waals surface area (Å²) >= 11 is 0. The van der Waals surface area contributed by atoms with Gasteiger partial charge in [-0.1, -0.05) is 90.4 Å². The zero-order valence-electron chi connectivity index (χ0n) is 77.1. The molecule has 1 heterocycles. The number of nitrogens with zero attached hydrogens (tertiary/aromatic N) is 1. The number of hydrazine groups is 1. The number of primary amides is 1. The number of benzene rings is 2. The predicted molar refractivity (Wildman–Crippen MR) is 478 cm³/mol. The molecule has 136 heavy (non-hydrogen) atoms. The van der Waals surface area contributed by atoms with E-state index in [0.29, 0.717) is 18.4 Å². The maximum Gasteiger partial charge on any atom is 0.305 e. The zero-order valence-corrected chi connectivity index (χ0v) is 77.1. The van der Waals surface area contributed by atoms with E-state index in [1.54, 1.807) is 58.0 Å². The number of nitrogens with two attached hydrogens (primary N) is 2. The number of amides is 15. The Labute approximate surface area is 783 Å². The Morgan fingerprint density at radius 1 is 0.412 bits per heavy atom. The number of carboxylic acid groups (broad SMARTS) is 3. The van der Waals surface area contributed by atoms with Crippen molar-refractivity contribution < 1.29 is 146 Å². The molecular weight excluding hydrogens is 1790 g/mol. The number of nitrogens with one attached hydrogen (secondary N) is 16. The molecule has 3 rings (SSSR count). The second kappa shape index (κ2) is 60.1. The molecule has 1 aliphatic heterocycles. The second-order valence-electron chi connectivity index (χ2n) is 33.2. The minimum Gasteiger partial charge on any atom is -0.508 e. The lowest BCUT2D eigenvalue weighted by Crippen LogP contribution is -2.62. The van der Waals surface area contributed by atoms with Gasteiger partial charge in [-0.25, -0.2) is 10.9 Å². The molecule has 0 saturated heterocycles. The Morgan fingerprint density at radius 3 is 1.38 bits per heavy atom. The molecule has 0 bridgehead atoms. The van der Waals surface area contributed by atoms with Gasteiger partial charge in [-0.2, -0.15) is 0 Å². The molecule has 0 fully saturated rings. The molecule has 15 amide bonds. The number of carboxylic acids is 3. The first kappa shape index (κ1) is 117. The van der Waals surface area contributed by atoms with E-state index in [4.69, 9.17) is 11.5 Å². The molecule has 0 aliphatic carbocycles. The fraction of sp³-hybridized carbons (Fsp3) is 0.575. The van der Waals surface area contributed by atoms with E-state index < -0.39 is 328 Å². The largest absolute Gasteiger partial charge is 0.508 e. The zero-order chi connectivity index (χ0) is 102. The van der Waals surface area contributed by atoms with Crippen molar-refractivity contribution in [2.24, 2.45) is 29.2 Å². The van der Waals surface area contributed by atoms with Gasteiger partial charge in [0.25, 0.3) is 11.8 Å². The highest BCUT2D eigenvalue weighted by molar-refractivity contribution is 6.42. The van der Waals surface area contributed by atoms with Crippen LogP contribution in [0.15, 0.2) is 66.7 Å². The predicted octanol–water partition coefficient (Wildman–Crippen LogP) is -8.08. The minimum absolute atomic E-state index is 0.0434. The van der Waals surface area contributed by atoms with E-state index in [9.17, 15) is 146 Å². The first-order valence-electron chi connectivity index (χ1n) is 44.2. The van der Waals surface area contributed by atoms with Crippen LogP contribution in [0.25, 0.3) is 0 Å². The van der Waals surface area contributed by atoms with Crippen molar-refractivity contribution in [2.45, 2.75) is 249 Å². The third-order valence-electron chi connectivity index (χ3n) is 21.4. The van der Waals surface area contributed by atoms with E-state index in [0.717, 1.165) is 24.0 Å². The van der Waals surface area contributed by atoms with Gasteiger partial charge in [0.05, 0.1) is 57.5 Å². The summed E-state index contributed by atoms with van der Waals surface area (Å²) in [5.41, 5.74) is 16.8. The summed E-state index contributed by atoms with van der Waals surface area (Å²) in [5, 5.41) is 103. The highest BCUT2D eigenvalue weighted by atomic mass is 16.4. The van der Waals surface area contributed by atoms with E-state index in [1.807, 2.05) is 0 Å². The molecule has 16 atom stereocenters. The van der Waals surface area contributed by atoms with Gasteiger partial charge in [0.2, 0.25) is 99.9 Å². The van der Waals surface area contributed by atoms with Crippen molar-refractivity contribution in [3.8, 4) is 5.75 Å². The van der Waals surface area contributed by atoms with Crippen molar-refractivity contribution in [1.82, 2.24) is 90.2 Å². The monoisotopic (exact) mass is 1920 g/mol. The number of phenolic OH excluding ortho intramolecular Hbond substituents is 1. The number of aliphatic hydroxyl groups excluding tert-OH is 3. The van der Waals surface area contributed by atoms with E-state index >= 15 is 0 Å². The molecule has 2 aromatic carbocycles. The standard InChI is InChI=1S/C87H129N19O30/c1-10-46(6)72(91-39-52(111)19-16-34-106-66(114)29-30-67(106)115)76(125)74(123)57(36-49-17-12-11-13-18-49)98-81(130)55(26-31-68(116)117)97-80(129)53(20-14-15-33-88)96-78(127)48(8)93-77(126)47(7)94-79(128)54(25-28-64(89)112)95-65(113)40-92-105-56(27-32-69(118)119)82(131)100-59(35-44(2)3)83(132)101-60(37-50-21-23-51(110)24-22-50)84(133)102-62(42-108)85(134)103-63(43-109)86(135)104-71(45(4)5)87(136)99-58(38-70(120)121)73(122)75(124)61(41-107)90-9/h11-13,17-18,21-24,29-30,44-48,53-63,71-72,90-92,105,107-110H,10,14-16,19-20,25-28,31-43,88H2,1-9H3,(H2,89,112)(H,93,126)(H,94,128)(H,95,113)(H,96,127)(H,97,129)(H,98,130)(H,99,136)(H,100,131)(H,101,132)(H,102,133)(H,103,134)(H,104,135)(H,116,117)(H,118,119)(H,120,121)/t46-,47-,48?,53-,54?,55?,56-,57-,58-,59?,60-,61+,62?,63-,71?,72-/m0/s1. The van der Waals surface area contributed by atoms with Crippen LogP contribution in [-0.4, -0.2) is 320 Å². The highest BCUT2D eigenvalue weighted by Crippen LogP contribution is 2.19. The number of aromatic hydroxyl groups is 1. The molecular formula is C87H129N19O30. The number of imide groups is 1. The summed E-state index contributed by atoms with van der Waals surface area (Å²) in [6.07, 6.45) is -2.84. The summed E-state index contributed by atoms with van der Waals surface area (Å²) in [4.78, 5) is 309. The number of unbranched alkanes of at least 4 members (excludes halogenated alkanes) is 1. The molecule has 49 heteroatoms. The first-order chi connectivity index (χ1) is 64.1. The average molecular weight is 1920 g/mol. The van der Waals surface area contributed by atoms with E-state index in [-0.39, 0.29) is 62.9 Å². The quantitative estimate of drug-likeness (QED) is 0.0127. The van der Waals surface area contributed by atoms with Crippen LogP contribution in [-0.2, 0) is 123 Å². The molecule has 0 spiro atoms. The summed E-state index contributed by atoms with van der Waals surface area (Å²) in [6, 6.07) is -11.8. The molecule has 0 saturated carbocycles. The van der Waals surface area contributed by atoms with Crippen LogP contribution in [0.1, 0.15) is 156 Å². The minimum atomic E-state index is -2.00. The third kappa shape index (κ3) is 41.3. The molecule has 2 aromatic rings. The fourth-order valence-corrected chi connectivity index (χ4v) is 13.4. The topological polar surface area (TPSA) is 782 Å². The number of aliphatic carboxylic acids is 3. The number of Topliss-reactive ketones (excluding diaryl/α,β-unsaturated/α-hetero) is 5. The van der Waals surface area contributed by atoms with Crippen molar-refractivity contribution in [3.63, 3.8) is 0 Å². The van der Waals surface area contributed by atoms with Crippen LogP contribution in [0.2, 0.25) is 0 Å². The van der Waals surface area contributed by atoms with Crippen molar-refractivity contribution in [2.75, 3.05) is 53.0 Å². The fourth-order valence-electron chi connectivity index (χ4n) is 13.4. The van der Waals surface area contributed by atoms with Crippen molar-refractivity contribution >= 4 is 135 Å². The number of likely N-dealkylation sites (N-methyl/N-ethyl adjacent to an activating group) is 1. The average Bonchev–Trinajstić information content (AvgIpc) is 1.02. The van der Waals surface area contributed by atoms with Crippen LogP contribution in [0.5, 0.6) is 5.75 Å². The first-order valence-corrected chi connectivity index (χ1v) is 44.2. The van der Waals surface area contributed by atoms with Gasteiger partial charge in [-0.05, 0) is 120 Å². The SMILES string of the molecule is CC[C@H](C)[C@H](NCC(=O)CCCN1C(=O)C=CC1=O)C(=O)C(=O)[C@H](Cc1ccccc1)NC(=O)C(CCC(=O)O)NC(=O)[C@H](CCCCN)NC(=O)C(C)NC(=O)[C@H](C)NC(=O)C(CCC(N)=O)NC(=O)CNN[C@@H](CCC(=O)O)C(=O)NC(CC(C)C)C(=O)N[C@@H](Cc1ccc(O)cc1)C(=O)NC(CO)C(=O)N[C@@H](CO)C(=O)NC(C(=O)N[C@@H](CC(=O)O)C(=O)C(=O)[C@@H](CO)NC)C(C)C. The van der Waals surface area contributed by atoms with Gasteiger partial charge < -0.3 is 116 Å². The van der Waals surface area contributed by atoms with Gasteiger partial charge in [-0.15, -0.1) is 0 Å². The number of rotatable bonds is 68. The summed E-state index contributed by atoms with van der Waals surface area (Å²) < 4.78 is 0. The van der Waals surface area contributed by atoms with Crippen LogP contribution in [0, 0.1) is 17.8 Å². The molecule has 752 valence electrons. The van der Waals surface area contributed by atoms with Crippen molar-refractivity contribution in [3.05, 3.63) is 77.9 Å². The number of carbonyl (C=O) groups is 23. The van der Waals surface area contributed by atoms with Crippen LogP contribution >= 0.6 is 0 Å². The van der Waals surface area contributed by atoms with Crippen LogP contribution < -0.4 is 96.8 Å². The molecule has 6 unspecified atom stereocenters. The molecule has 27 N–H and O–H groups in total. The molecule has 1 aliphatic rings. The summed E-state index contributed by atoms with van der Waals surface area (Å²) in [6.45, 7) is 7.30. The van der Waals surface area contributed by atoms with Gasteiger partial charge in [-0.3, -0.25) is 120 Å². The number of aliphatic hydroxyl groups is 3. The Balaban J connectivity index is 1.80. The Morgan fingerprint density at radius 2 is 0.846 bits per heavy atom. The van der Waals surface area contributed by atoms with Crippen LogP contribution in [0.4, 0.5) is 0 Å². The number of phenols is 1. The lowest BCUT2D eigenvalue weighted by Gasteiger charge is -2.28. The summed E-state index contributed by atoms with van der Waals surface area (Å²) in [5.74, 6) is -27.4. The Hall–Kier alpha value is -13.3. The van der Waals surface area contributed by atoms with Gasteiger partial charge in [0, 0.05) is 57.2 Å². The lowest BCUT2D eigenvalue weighted by molar-refractivity contribution is -0.144. The molecule has 0 aromatic heterocycles.